The third-order valence-electron chi connectivity index (χ3n) is 4.67. The van der Waals surface area contributed by atoms with Crippen LogP contribution in [-0.2, 0) is 13.1 Å². The lowest BCUT2D eigenvalue weighted by molar-refractivity contribution is 0.380. The van der Waals surface area contributed by atoms with Gasteiger partial charge < -0.3 is 19.7 Å². The van der Waals surface area contributed by atoms with Gasteiger partial charge in [-0.25, -0.2) is 0 Å². The quantitative estimate of drug-likeness (QED) is 0.557. The van der Waals surface area contributed by atoms with E-state index in [-0.39, 0.29) is 0 Å². The molecule has 0 aliphatic carbocycles. The number of ether oxygens (including phenoxy) is 2. The van der Waals surface area contributed by atoms with Gasteiger partial charge in [-0.1, -0.05) is 6.92 Å². The Bertz CT molecular complexity index is 800. The average molecular weight is 388 g/mol. The van der Waals surface area contributed by atoms with Crippen molar-refractivity contribution in [1.29, 1.82) is 0 Å². The molecule has 0 saturated heterocycles. The first kappa shape index (κ1) is 21.6. The molecule has 154 valence electrons. The van der Waals surface area contributed by atoms with Gasteiger partial charge in [0, 0.05) is 51.1 Å². The molecule has 0 saturated carbocycles. The highest BCUT2D eigenvalue weighted by molar-refractivity contribution is 5.79. The van der Waals surface area contributed by atoms with Crippen LogP contribution in [0.4, 0.5) is 0 Å². The largest absolute Gasteiger partial charge is 0.497 e. The summed E-state index contributed by atoms with van der Waals surface area (Å²) in [5, 5.41) is 8.01. The molecule has 0 fully saturated rings. The monoisotopic (exact) mass is 387 g/mol. The molecule has 0 spiro atoms. The first-order chi connectivity index (χ1) is 13.4. The van der Waals surface area contributed by atoms with Gasteiger partial charge in [0.25, 0.3) is 0 Å². The Morgan fingerprint density at radius 2 is 2.00 bits per heavy atom. The van der Waals surface area contributed by atoms with Crippen molar-refractivity contribution in [3.05, 3.63) is 41.2 Å². The van der Waals surface area contributed by atoms with Gasteiger partial charge in [-0.2, -0.15) is 5.10 Å². The molecule has 1 heterocycles. The van der Waals surface area contributed by atoms with E-state index in [0.29, 0.717) is 12.5 Å². The number of hydrogen-bond donors (Lipinski definition) is 1. The minimum absolute atomic E-state index is 0.415. The van der Waals surface area contributed by atoms with Crippen LogP contribution < -0.4 is 14.8 Å². The summed E-state index contributed by atoms with van der Waals surface area (Å²) >= 11 is 0. The topological polar surface area (TPSA) is 63.9 Å². The minimum Gasteiger partial charge on any atom is -0.497 e. The van der Waals surface area contributed by atoms with Gasteiger partial charge >= 0.3 is 0 Å². The van der Waals surface area contributed by atoms with Gasteiger partial charge in [-0.15, -0.1) is 0 Å². The lowest BCUT2D eigenvalue weighted by atomic mass is 10.1. The van der Waals surface area contributed by atoms with E-state index in [1.807, 2.05) is 32.2 Å². The van der Waals surface area contributed by atoms with Crippen molar-refractivity contribution < 1.29 is 9.47 Å². The summed E-state index contributed by atoms with van der Waals surface area (Å²) in [4.78, 5) is 6.50. The Labute approximate surface area is 168 Å². The number of hydrogen-bond acceptors (Lipinski definition) is 4. The summed E-state index contributed by atoms with van der Waals surface area (Å²) in [6, 6.07) is 7.97. The maximum atomic E-state index is 5.50. The molecule has 7 nitrogen and oxygen atoms in total. The van der Waals surface area contributed by atoms with Crippen molar-refractivity contribution in [1.82, 2.24) is 20.0 Å². The Hall–Kier alpha value is -2.70. The number of aliphatic imine (C=N–C) groups is 1. The number of benzene rings is 1. The number of rotatable bonds is 8. The molecule has 0 radical (unpaired) electrons. The lowest BCUT2D eigenvalue weighted by Crippen LogP contribution is -2.41. The fourth-order valence-corrected chi connectivity index (χ4v) is 3.18. The number of methoxy groups -OCH3 is 2. The van der Waals surface area contributed by atoms with Crippen molar-refractivity contribution in [2.45, 2.75) is 33.9 Å². The predicted molar refractivity (Wildman–Crippen MR) is 113 cm³/mol. The van der Waals surface area contributed by atoms with Crippen LogP contribution in [0.3, 0.4) is 0 Å². The summed E-state index contributed by atoms with van der Waals surface area (Å²) in [7, 11) is 7.14. The Kier molecular flexibility index (Phi) is 7.72. The molecule has 1 unspecified atom stereocenters. The third-order valence-corrected chi connectivity index (χ3v) is 4.67. The van der Waals surface area contributed by atoms with Crippen LogP contribution in [0, 0.1) is 19.8 Å². The zero-order chi connectivity index (χ0) is 20.7. The Morgan fingerprint density at radius 1 is 1.25 bits per heavy atom. The molecule has 0 aliphatic rings. The van der Waals surface area contributed by atoms with E-state index in [2.05, 4.69) is 44.9 Å². The first-order valence-electron chi connectivity index (χ1n) is 9.51. The normalized spacial score (nSPS) is 12.6. The highest BCUT2D eigenvalue weighted by atomic mass is 16.5. The van der Waals surface area contributed by atoms with Crippen LogP contribution in [0.15, 0.2) is 29.3 Å². The van der Waals surface area contributed by atoms with E-state index >= 15 is 0 Å². The SMILES string of the molecule is CN=C(NCC(C)Cn1nc(C)cc1C)N(C)Cc1ccc(OC)cc1OC. The van der Waals surface area contributed by atoms with Gasteiger partial charge in [0.15, 0.2) is 5.96 Å². The standard InChI is InChI=1S/C21H33N5O2/c1-15(13-26-17(3)10-16(2)24-26)12-23-21(22-4)25(5)14-18-8-9-19(27-6)11-20(18)28-7/h8-11,15H,12-14H2,1-7H3,(H,22,23). The van der Waals surface area contributed by atoms with Crippen LogP contribution in [0.2, 0.25) is 0 Å². The average Bonchev–Trinajstić information content (AvgIpc) is 2.99. The van der Waals surface area contributed by atoms with Gasteiger partial charge in [-0.05, 0) is 38.0 Å². The zero-order valence-electron chi connectivity index (χ0n) is 18.1. The first-order valence-corrected chi connectivity index (χ1v) is 9.51. The summed E-state index contributed by atoms with van der Waals surface area (Å²) in [6.07, 6.45) is 0. The fraction of sp³-hybridized carbons (Fsp3) is 0.524. The number of guanidine groups is 1. The summed E-state index contributed by atoms with van der Waals surface area (Å²) in [5.41, 5.74) is 3.32. The van der Waals surface area contributed by atoms with Crippen molar-refractivity contribution >= 4 is 5.96 Å². The van der Waals surface area contributed by atoms with Crippen molar-refractivity contribution in [2.75, 3.05) is 34.9 Å². The van der Waals surface area contributed by atoms with Gasteiger partial charge in [0.1, 0.15) is 11.5 Å². The van der Waals surface area contributed by atoms with Gasteiger partial charge in [-0.3, -0.25) is 9.67 Å². The van der Waals surface area contributed by atoms with E-state index < -0.39 is 0 Å². The fourth-order valence-electron chi connectivity index (χ4n) is 3.18. The second kappa shape index (κ2) is 10.0. The highest BCUT2D eigenvalue weighted by Gasteiger charge is 2.13. The maximum Gasteiger partial charge on any atom is 0.193 e. The zero-order valence-corrected chi connectivity index (χ0v) is 18.1. The van der Waals surface area contributed by atoms with Crippen LogP contribution in [-0.4, -0.2) is 55.5 Å². The predicted octanol–water partition coefficient (Wildman–Crippen LogP) is 2.86. The maximum absolute atomic E-state index is 5.50. The van der Waals surface area contributed by atoms with Crippen molar-refractivity contribution in [2.24, 2.45) is 10.9 Å². The molecule has 28 heavy (non-hydrogen) atoms. The highest BCUT2D eigenvalue weighted by Crippen LogP contribution is 2.25. The number of aromatic nitrogens is 2. The van der Waals surface area contributed by atoms with Gasteiger partial charge in [0.2, 0.25) is 0 Å². The van der Waals surface area contributed by atoms with Crippen LogP contribution in [0.1, 0.15) is 23.9 Å². The Balaban J connectivity index is 1.94. The molecular formula is C21H33N5O2. The van der Waals surface area contributed by atoms with E-state index in [9.17, 15) is 0 Å². The lowest BCUT2D eigenvalue weighted by Gasteiger charge is -2.24. The molecular weight excluding hydrogens is 354 g/mol. The second-order valence-corrected chi connectivity index (χ2v) is 7.18. The number of nitrogens with zero attached hydrogens (tertiary/aromatic N) is 4. The molecule has 2 aromatic rings. The van der Waals surface area contributed by atoms with Crippen molar-refractivity contribution in [3.63, 3.8) is 0 Å². The molecule has 1 aromatic heterocycles. The van der Waals surface area contributed by atoms with E-state index in [4.69, 9.17) is 9.47 Å². The van der Waals surface area contributed by atoms with Gasteiger partial charge in [0.05, 0.1) is 19.9 Å². The molecule has 0 amide bonds. The molecule has 0 bridgehead atoms. The molecule has 0 aliphatic heterocycles. The summed E-state index contributed by atoms with van der Waals surface area (Å²) in [5.74, 6) is 2.85. The molecule has 2 rings (SSSR count). The molecule has 1 N–H and O–H groups in total. The van der Waals surface area contributed by atoms with E-state index in [1.54, 1.807) is 21.3 Å². The minimum atomic E-state index is 0.415. The molecule has 1 aromatic carbocycles. The summed E-state index contributed by atoms with van der Waals surface area (Å²) in [6.45, 7) is 8.70. The molecule has 7 heteroatoms. The third kappa shape index (κ3) is 5.65. The number of nitrogens with one attached hydrogen (secondary N) is 1. The second-order valence-electron chi connectivity index (χ2n) is 7.18. The number of aryl methyl sites for hydroxylation is 2. The van der Waals surface area contributed by atoms with E-state index in [0.717, 1.165) is 41.8 Å². The molecule has 1 atom stereocenters. The van der Waals surface area contributed by atoms with Crippen LogP contribution in [0.25, 0.3) is 0 Å². The van der Waals surface area contributed by atoms with Crippen molar-refractivity contribution in [3.8, 4) is 11.5 Å². The van der Waals surface area contributed by atoms with E-state index in [1.165, 1.54) is 5.69 Å². The smallest absolute Gasteiger partial charge is 0.193 e. The summed E-state index contributed by atoms with van der Waals surface area (Å²) < 4.78 is 12.8. The Morgan fingerprint density at radius 3 is 2.57 bits per heavy atom. The van der Waals surface area contributed by atoms with Crippen LogP contribution in [0.5, 0.6) is 11.5 Å². The van der Waals surface area contributed by atoms with Crippen LogP contribution >= 0.6 is 0 Å².